The standard InChI is InChI=1S/C13H8O4/c14-7-5-9(13(15)16)12-8-3-1-2-4-10(8)17-11(12)6-7/h1-6,14H,(H,15,16). The Hall–Kier alpha value is -2.49. The van der Waals surface area contributed by atoms with Crippen LogP contribution in [0.15, 0.2) is 40.8 Å². The first-order chi connectivity index (χ1) is 8.16. The van der Waals surface area contributed by atoms with Crippen molar-refractivity contribution in [1.29, 1.82) is 0 Å². The second-order valence-corrected chi connectivity index (χ2v) is 3.77. The highest BCUT2D eigenvalue weighted by molar-refractivity contribution is 6.15. The van der Waals surface area contributed by atoms with Gasteiger partial charge in [0.2, 0.25) is 0 Å². The summed E-state index contributed by atoms with van der Waals surface area (Å²) in [6.45, 7) is 0. The van der Waals surface area contributed by atoms with Gasteiger partial charge in [0.25, 0.3) is 0 Å². The Balaban J connectivity index is 2.58. The number of phenolic OH excluding ortho intramolecular Hbond substituents is 1. The van der Waals surface area contributed by atoms with Crippen molar-refractivity contribution in [2.75, 3.05) is 0 Å². The van der Waals surface area contributed by atoms with Gasteiger partial charge in [-0.1, -0.05) is 18.2 Å². The van der Waals surface area contributed by atoms with Crippen molar-refractivity contribution >= 4 is 27.9 Å². The van der Waals surface area contributed by atoms with Crippen LogP contribution in [0, 0.1) is 0 Å². The molecule has 3 rings (SSSR count). The Kier molecular flexibility index (Phi) is 1.86. The third kappa shape index (κ3) is 1.34. The van der Waals surface area contributed by atoms with E-state index in [9.17, 15) is 9.90 Å². The smallest absolute Gasteiger partial charge is 0.336 e. The minimum absolute atomic E-state index is 0.0463. The topological polar surface area (TPSA) is 70.7 Å². The zero-order chi connectivity index (χ0) is 12.0. The van der Waals surface area contributed by atoms with Gasteiger partial charge in [0.15, 0.2) is 0 Å². The van der Waals surface area contributed by atoms with Crippen LogP contribution in [0.4, 0.5) is 0 Å². The van der Waals surface area contributed by atoms with E-state index in [2.05, 4.69) is 0 Å². The van der Waals surface area contributed by atoms with Gasteiger partial charge in [0.1, 0.15) is 16.9 Å². The molecule has 84 valence electrons. The number of carboxylic acids is 1. The van der Waals surface area contributed by atoms with Gasteiger partial charge in [-0.05, 0) is 12.1 Å². The van der Waals surface area contributed by atoms with Gasteiger partial charge in [0.05, 0.1) is 5.56 Å². The van der Waals surface area contributed by atoms with Crippen molar-refractivity contribution in [2.24, 2.45) is 0 Å². The molecule has 0 aliphatic rings. The maximum atomic E-state index is 11.2. The molecule has 0 bridgehead atoms. The Bertz CT molecular complexity index is 740. The predicted octanol–water partition coefficient (Wildman–Crippen LogP) is 2.99. The summed E-state index contributed by atoms with van der Waals surface area (Å²) in [6, 6.07) is 9.83. The van der Waals surface area contributed by atoms with Crippen molar-refractivity contribution in [1.82, 2.24) is 0 Å². The fourth-order valence-corrected chi connectivity index (χ4v) is 2.01. The highest BCUT2D eigenvalue weighted by Gasteiger charge is 2.16. The second-order valence-electron chi connectivity index (χ2n) is 3.77. The van der Waals surface area contributed by atoms with Gasteiger partial charge in [-0.15, -0.1) is 0 Å². The average molecular weight is 228 g/mol. The van der Waals surface area contributed by atoms with Crippen molar-refractivity contribution in [3.05, 3.63) is 42.0 Å². The summed E-state index contributed by atoms with van der Waals surface area (Å²) >= 11 is 0. The number of hydrogen-bond acceptors (Lipinski definition) is 3. The van der Waals surface area contributed by atoms with Gasteiger partial charge in [0, 0.05) is 16.8 Å². The minimum atomic E-state index is -1.09. The molecule has 0 radical (unpaired) electrons. The van der Waals surface area contributed by atoms with E-state index < -0.39 is 5.97 Å². The zero-order valence-corrected chi connectivity index (χ0v) is 8.68. The molecule has 0 atom stereocenters. The molecule has 2 N–H and O–H groups in total. The van der Waals surface area contributed by atoms with E-state index in [4.69, 9.17) is 9.52 Å². The molecule has 0 saturated carbocycles. The number of aromatic hydroxyl groups is 1. The molecular formula is C13H8O4. The van der Waals surface area contributed by atoms with E-state index in [1.165, 1.54) is 12.1 Å². The molecule has 1 heterocycles. The highest BCUT2D eigenvalue weighted by Crippen LogP contribution is 2.33. The number of para-hydroxylation sites is 1. The number of benzene rings is 2. The number of furan rings is 1. The molecule has 2 aromatic carbocycles. The third-order valence-electron chi connectivity index (χ3n) is 2.69. The number of fused-ring (bicyclic) bond motifs is 3. The number of carboxylic acid groups (broad SMARTS) is 1. The van der Waals surface area contributed by atoms with Crippen LogP contribution < -0.4 is 0 Å². The quantitative estimate of drug-likeness (QED) is 0.671. The van der Waals surface area contributed by atoms with E-state index >= 15 is 0 Å². The molecular weight excluding hydrogens is 220 g/mol. The summed E-state index contributed by atoms with van der Waals surface area (Å²) in [5.74, 6) is -1.20. The summed E-state index contributed by atoms with van der Waals surface area (Å²) in [4.78, 5) is 11.2. The largest absolute Gasteiger partial charge is 0.508 e. The Morgan fingerprint density at radius 3 is 2.65 bits per heavy atom. The fourth-order valence-electron chi connectivity index (χ4n) is 2.01. The van der Waals surface area contributed by atoms with Crippen LogP contribution in [-0.2, 0) is 0 Å². The zero-order valence-electron chi connectivity index (χ0n) is 8.68. The van der Waals surface area contributed by atoms with Crippen LogP contribution in [0.2, 0.25) is 0 Å². The molecule has 4 nitrogen and oxygen atoms in total. The molecule has 0 amide bonds. The average Bonchev–Trinajstić information content (AvgIpc) is 2.65. The molecule has 0 aliphatic heterocycles. The van der Waals surface area contributed by atoms with Crippen LogP contribution in [0.1, 0.15) is 10.4 Å². The lowest BCUT2D eigenvalue weighted by molar-refractivity contribution is 0.0698. The van der Waals surface area contributed by atoms with Crippen molar-refractivity contribution in [2.45, 2.75) is 0 Å². The fraction of sp³-hybridized carbons (Fsp3) is 0. The maximum absolute atomic E-state index is 11.2. The molecule has 0 spiro atoms. The first-order valence-electron chi connectivity index (χ1n) is 5.04. The SMILES string of the molecule is O=C(O)c1cc(O)cc2oc3ccccc3c12. The number of carbonyl (C=O) groups is 1. The van der Waals surface area contributed by atoms with Crippen LogP contribution in [0.3, 0.4) is 0 Å². The van der Waals surface area contributed by atoms with Crippen LogP contribution in [0.25, 0.3) is 21.9 Å². The van der Waals surface area contributed by atoms with Gasteiger partial charge in [-0.25, -0.2) is 4.79 Å². The summed E-state index contributed by atoms with van der Waals surface area (Å²) in [6.07, 6.45) is 0. The maximum Gasteiger partial charge on any atom is 0.336 e. The lowest BCUT2D eigenvalue weighted by Crippen LogP contribution is -1.96. The molecule has 0 aliphatic carbocycles. The van der Waals surface area contributed by atoms with E-state index in [0.29, 0.717) is 16.6 Å². The van der Waals surface area contributed by atoms with Crippen molar-refractivity contribution in [3.63, 3.8) is 0 Å². The predicted molar refractivity (Wildman–Crippen MR) is 62.3 cm³/mol. The van der Waals surface area contributed by atoms with Crippen LogP contribution >= 0.6 is 0 Å². The van der Waals surface area contributed by atoms with Gasteiger partial charge in [-0.2, -0.15) is 0 Å². The lowest BCUT2D eigenvalue weighted by Gasteiger charge is -1.98. The van der Waals surface area contributed by atoms with Crippen LogP contribution in [0.5, 0.6) is 5.75 Å². The normalized spacial score (nSPS) is 11.1. The number of phenols is 1. The minimum Gasteiger partial charge on any atom is -0.508 e. The Morgan fingerprint density at radius 2 is 1.88 bits per heavy atom. The van der Waals surface area contributed by atoms with Crippen molar-refractivity contribution < 1.29 is 19.4 Å². The van der Waals surface area contributed by atoms with E-state index in [1.807, 2.05) is 12.1 Å². The Morgan fingerprint density at radius 1 is 1.12 bits per heavy atom. The monoisotopic (exact) mass is 228 g/mol. The van der Waals surface area contributed by atoms with Crippen molar-refractivity contribution in [3.8, 4) is 5.75 Å². The number of aromatic carboxylic acids is 1. The summed E-state index contributed by atoms with van der Waals surface area (Å²) in [5, 5.41) is 19.8. The molecule has 0 saturated heterocycles. The summed E-state index contributed by atoms with van der Waals surface area (Å²) in [7, 11) is 0. The Labute approximate surface area is 95.7 Å². The van der Waals surface area contributed by atoms with E-state index in [-0.39, 0.29) is 11.3 Å². The number of rotatable bonds is 1. The first kappa shape index (κ1) is 9.72. The number of hydrogen-bond donors (Lipinski definition) is 2. The summed E-state index contributed by atoms with van der Waals surface area (Å²) < 4.78 is 5.50. The van der Waals surface area contributed by atoms with Gasteiger partial charge < -0.3 is 14.6 Å². The lowest BCUT2D eigenvalue weighted by atomic mass is 10.1. The molecule has 1 aromatic heterocycles. The molecule has 17 heavy (non-hydrogen) atoms. The third-order valence-corrected chi connectivity index (χ3v) is 2.69. The second kappa shape index (κ2) is 3.25. The summed E-state index contributed by atoms with van der Waals surface area (Å²) in [5.41, 5.74) is 1.03. The van der Waals surface area contributed by atoms with Gasteiger partial charge in [-0.3, -0.25) is 0 Å². The molecule has 4 heteroatoms. The van der Waals surface area contributed by atoms with E-state index in [0.717, 1.165) is 5.39 Å². The molecule has 3 aromatic rings. The van der Waals surface area contributed by atoms with E-state index in [1.54, 1.807) is 12.1 Å². The molecule has 0 fully saturated rings. The van der Waals surface area contributed by atoms with Crippen LogP contribution in [-0.4, -0.2) is 16.2 Å². The molecule has 0 unspecified atom stereocenters. The highest BCUT2D eigenvalue weighted by atomic mass is 16.4. The van der Waals surface area contributed by atoms with Gasteiger partial charge >= 0.3 is 5.97 Å². The first-order valence-corrected chi connectivity index (χ1v) is 5.04.